The number of thiophene rings is 1. The third-order valence-corrected chi connectivity index (χ3v) is 5.06. The molecule has 2 aromatic rings. The van der Waals surface area contributed by atoms with E-state index in [0.717, 1.165) is 4.34 Å². The van der Waals surface area contributed by atoms with Crippen LogP contribution in [0.25, 0.3) is 0 Å². The van der Waals surface area contributed by atoms with Gasteiger partial charge in [0.1, 0.15) is 0 Å². The second-order valence-corrected chi connectivity index (χ2v) is 6.82. The Morgan fingerprint density at radius 1 is 1.53 bits per heavy atom. The number of aryl methyl sites for hydroxylation is 1. The first-order valence-electron chi connectivity index (χ1n) is 6.68. The van der Waals surface area contributed by atoms with E-state index < -0.39 is 0 Å². The molecular formula is C15H17ClN2S. The number of rotatable bonds is 3. The van der Waals surface area contributed by atoms with Gasteiger partial charge in [0.15, 0.2) is 0 Å². The van der Waals surface area contributed by atoms with Crippen molar-refractivity contribution in [1.82, 2.24) is 10.3 Å². The SMILES string of the molecule is C[C@H](NC1CCCc2sc(Cl)cc21)c1cccnc1. The lowest BCUT2D eigenvalue weighted by Crippen LogP contribution is -2.27. The molecule has 2 heterocycles. The van der Waals surface area contributed by atoms with Crippen LogP contribution in [0.1, 0.15) is 47.9 Å². The summed E-state index contributed by atoms with van der Waals surface area (Å²) in [5.41, 5.74) is 2.63. The molecule has 0 saturated heterocycles. The molecule has 2 atom stereocenters. The maximum absolute atomic E-state index is 6.15. The first kappa shape index (κ1) is 13.1. The zero-order valence-corrected chi connectivity index (χ0v) is 12.5. The highest BCUT2D eigenvalue weighted by Gasteiger charge is 2.24. The van der Waals surface area contributed by atoms with Crippen molar-refractivity contribution in [2.24, 2.45) is 0 Å². The van der Waals surface area contributed by atoms with Crippen molar-refractivity contribution in [2.45, 2.75) is 38.3 Å². The molecule has 2 aromatic heterocycles. The Hall–Kier alpha value is -0.900. The number of fused-ring (bicyclic) bond motifs is 1. The van der Waals surface area contributed by atoms with Gasteiger partial charge < -0.3 is 5.32 Å². The van der Waals surface area contributed by atoms with Crippen molar-refractivity contribution in [2.75, 3.05) is 0 Å². The van der Waals surface area contributed by atoms with Crippen molar-refractivity contribution >= 4 is 22.9 Å². The average molecular weight is 293 g/mol. The van der Waals surface area contributed by atoms with E-state index in [1.807, 2.05) is 18.5 Å². The summed E-state index contributed by atoms with van der Waals surface area (Å²) < 4.78 is 0.910. The summed E-state index contributed by atoms with van der Waals surface area (Å²) in [5.74, 6) is 0. The second kappa shape index (κ2) is 5.61. The van der Waals surface area contributed by atoms with Gasteiger partial charge in [-0.05, 0) is 49.4 Å². The van der Waals surface area contributed by atoms with Gasteiger partial charge in [0.05, 0.1) is 4.34 Å². The molecule has 0 saturated carbocycles. The first-order valence-corrected chi connectivity index (χ1v) is 7.87. The highest BCUT2D eigenvalue weighted by atomic mass is 35.5. The third-order valence-electron chi connectivity index (χ3n) is 3.72. The quantitative estimate of drug-likeness (QED) is 0.899. The zero-order valence-electron chi connectivity index (χ0n) is 10.9. The lowest BCUT2D eigenvalue weighted by Gasteiger charge is -2.27. The molecule has 1 N–H and O–H groups in total. The molecule has 2 nitrogen and oxygen atoms in total. The van der Waals surface area contributed by atoms with E-state index in [2.05, 4.69) is 29.4 Å². The van der Waals surface area contributed by atoms with Crippen LogP contribution in [0, 0.1) is 0 Å². The molecule has 1 aliphatic rings. The van der Waals surface area contributed by atoms with Gasteiger partial charge in [-0.15, -0.1) is 11.3 Å². The van der Waals surface area contributed by atoms with Crippen molar-refractivity contribution in [3.63, 3.8) is 0 Å². The molecule has 1 aliphatic carbocycles. The van der Waals surface area contributed by atoms with Crippen LogP contribution in [0.3, 0.4) is 0 Å². The molecule has 4 heteroatoms. The van der Waals surface area contributed by atoms with E-state index in [1.54, 1.807) is 11.3 Å². The zero-order chi connectivity index (χ0) is 13.2. The monoisotopic (exact) mass is 292 g/mol. The fourth-order valence-electron chi connectivity index (χ4n) is 2.72. The van der Waals surface area contributed by atoms with Crippen LogP contribution in [0.2, 0.25) is 4.34 Å². The smallest absolute Gasteiger partial charge is 0.0934 e. The molecule has 0 radical (unpaired) electrons. The van der Waals surface area contributed by atoms with Crippen LogP contribution < -0.4 is 5.32 Å². The number of hydrogen-bond acceptors (Lipinski definition) is 3. The molecule has 0 aromatic carbocycles. The lowest BCUT2D eigenvalue weighted by atomic mass is 9.93. The second-order valence-electron chi connectivity index (χ2n) is 5.05. The Labute approximate surface area is 122 Å². The first-order chi connectivity index (χ1) is 9.24. The Bertz CT molecular complexity index is 553. The largest absolute Gasteiger partial charge is 0.303 e. The molecule has 3 rings (SSSR count). The molecule has 0 fully saturated rings. The Morgan fingerprint density at radius 2 is 2.42 bits per heavy atom. The van der Waals surface area contributed by atoms with Gasteiger partial charge in [-0.3, -0.25) is 4.98 Å². The van der Waals surface area contributed by atoms with Crippen LogP contribution >= 0.6 is 22.9 Å². The molecule has 0 aliphatic heterocycles. The Balaban J connectivity index is 1.77. The molecule has 100 valence electrons. The molecule has 19 heavy (non-hydrogen) atoms. The predicted molar refractivity (Wildman–Crippen MR) is 80.8 cm³/mol. The number of halogens is 1. The van der Waals surface area contributed by atoms with E-state index in [9.17, 15) is 0 Å². The topological polar surface area (TPSA) is 24.9 Å². The highest BCUT2D eigenvalue weighted by molar-refractivity contribution is 7.16. The summed E-state index contributed by atoms with van der Waals surface area (Å²) in [5, 5.41) is 3.71. The van der Waals surface area contributed by atoms with Crippen molar-refractivity contribution in [3.05, 3.63) is 50.9 Å². The van der Waals surface area contributed by atoms with Crippen molar-refractivity contribution in [1.29, 1.82) is 0 Å². The maximum Gasteiger partial charge on any atom is 0.0934 e. The summed E-state index contributed by atoms with van der Waals surface area (Å²) in [6, 6.07) is 6.97. The van der Waals surface area contributed by atoms with E-state index in [1.165, 1.54) is 35.3 Å². The summed E-state index contributed by atoms with van der Waals surface area (Å²) in [4.78, 5) is 5.64. The van der Waals surface area contributed by atoms with Gasteiger partial charge in [-0.2, -0.15) is 0 Å². The van der Waals surface area contributed by atoms with Gasteiger partial charge in [-0.25, -0.2) is 0 Å². The van der Waals surface area contributed by atoms with Gasteiger partial charge in [0.2, 0.25) is 0 Å². The van der Waals surface area contributed by atoms with Gasteiger partial charge in [0.25, 0.3) is 0 Å². The third kappa shape index (κ3) is 2.83. The number of pyridine rings is 1. The van der Waals surface area contributed by atoms with Crippen LogP contribution in [0.4, 0.5) is 0 Å². The maximum atomic E-state index is 6.15. The normalized spacial score (nSPS) is 20.0. The van der Waals surface area contributed by atoms with Crippen molar-refractivity contribution in [3.8, 4) is 0 Å². The van der Waals surface area contributed by atoms with Crippen LogP contribution in [-0.2, 0) is 6.42 Å². The van der Waals surface area contributed by atoms with E-state index in [0.29, 0.717) is 12.1 Å². The van der Waals surface area contributed by atoms with Crippen LogP contribution in [0.15, 0.2) is 30.6 Å². The fourth-order valence-corrected chi connectivity index (χ4v) is 4.11. The minimum Gasteiger partial charge on any atom is -0.303 e. The molecular weight excluding hydrogens is 276 g/mol. The predicted octanol–water partition coefficient (Wildman–Crippen LogP) is 4.52. The van der Waals surface area contributed by atoms with Gasteiger partial charge >= 0.3 is 0 Å². The van der Waals surface area contributed by atoms with E-state index in [4.69, 9.17) is 11.6 Å². The minimum absolute atomic E-state index is 0.309. The number of aromatic nitrogens is 1. The summed E-state index contributed by atoms with van der Waals surface area (Å²) in [7, 11) is 0. The standard InChI is InChI=1S/C15H17ClN2S/c1-10(11-4-3-7-17-9-11)18-13-5-2-6-14-12(13)8-15(16)19-14/h3-4,7-10,13,18H,2,5-6H2,1H3/t10-,13?/m0/s1. The van der Waals surface area contributed by atoms with Crippen LogP contribution in [-0.4, -0.2) is 4.98 Å². The lowest BCUT2D eigenvalue weighted by molar-refractivity contribution is 0.418. The van der Waals surface area contributed by atoms with E-state index >= 15 is 0 Å². The summed E-state index contributed by atoms with van der Waals surface area (Å²) in [6.07, 6.45) is 7.34. The Kier molecular flexibility index (Phi) is 3.87. The number of nitrogens with zero attached hydrogens (tertiary/aromatic N) is 1. The number of hydrogen-bond donors (Lipinski definition) is 1. The molecule has 0 amide bonds. The van der Waals surface area contributed by atoms with E-state index in [-0.39, 0.29) is 0 Å². The molecule has 1 unspecified atom stereocenters. The van der Waals surface area contributed by atoms with Crippen LogP contribution in [0.5, 0.6) is 0 Å². The average Bonchev–Trinajstić information content (AvgIpc) is 2.81. The molecule has 0 bridgehead atoms. The van der Waals surface area contributed by atoms with Gasteiger partial charge in [-0.1, -0.05) is 17.7 Å². The fraction of sp³-hybridized carbons (Fsp3) is 0.400. The summed E-state index contributed by atoms with van der Waals surface area (Å²) >= 11 is 7.88. The summed E-state index contributed by atoms with van der Waals surface area (Å²) in [6.45, 7) is 2.19. The molecule has 0 spiro atoms. The highest BCUT2D eigenvalue weighted by Crippen LogP contribution is 2.38. The minimum atomic E-state index is 0.309. The Morgan fingerprint density at radius 3 is 3.21 bits per heavy atom. The van der Waals surface area contributed by atoms with Crippen molar-refractivity contribution < 1.29 is 0 Å². The number of nitrogens with one attached hydrogen (secondary N) is 1. The van der Waals surface area contributed by atoms with Gasteiger partial charge in [0, 0.05) is 29.4 Å².